The second-order valence-electron chi connectivity index (χ2n) is 5.87. The molecule has 2 heterocycles. The van der Waals surface area contributed by atoms with Crippen molar-refractivity contribution >= 4 is 0 Å². The monoisotopic (exact) mass is 252 g/mol. The molecule has 1 aromatic rings. The molecule has 0 amide bonds. The maximum absolute atomic E-state index is 10.1. The van der Waals surface area contributed by atoms with E-state index in [0.717, 1.165) is 44.8 Å². The van der Waals surface area contributed by atoms with Gasteiger partial charge in [0, 0.05) is 19.6 Å². The van der Waals surface area contributed by atoms with Gasteiger partial charge in [0.05, 0.1) is 12.1 Å². The lowest BCUT2D eigenvalue weighted by Crippen LogP contribution is -2.61. The first-order chi connectivity index (χ1) is 8.52. The van der Waals surface area contributed by atoms with Crippen molar-refractivity contribution in [1.29, 1.82) is 0 Å². The van der Waals surface area contributed by atoms with E-state index in [-0.39, 0.29) is 0 Å². The molecule has 0 spiro atoms. The van der Waals surface area contributed by atoms with Crippen molar-refractivity contribution in [3.8, 4) is 0 Å². The van der Waals surface area contributed by atoms with E-state index in [4.69, 9.17) is 0 Å². The van der Waals surface area contributed by atoms with Crippen LogP contribution in [0.3, 0.4) is 0 Å². The van der Waals surface area contributed by atoms with E-state index in [1.807, 2.05) is 4.68 Å². The SMILES string of the molecule is CCCC1(O)CN(Cc2ncnn2CC(C)C)C1. The molecule has 0 aliphatic carbocycles. The molecule has 1 saturated heterocycles. The molecule has 1 fully saturated rings. The molecule has 1 aliphatic heterocycles. The highest BCUT2D eigenvalue weighted by Gasteiger charge is 2.40. The molecule has 0 unspecified atom stereocenters. The van der Waals surface area contributed by atoms with E-state index in [9.17, 15) is 5.11 Å². The number of β-amino-alcohol motifs (C(OH)–C–C–N with tert-alkyl or cyclic N) is 1. The van der Waals surface area contributed by atoms with Gasteiger partial charge in [0.1, 0.15) is 12.2 Å². The van der Waals surface area contributed by atoms with Crippen molar-refractivity contribution in [3.63, 3.8) is 0 Å². The van der Waals surface area contributed by atoms with Gasteiger partial charge in [0.2, 0.25) is 0 Å². The van der Waals surface area contributed by atoms with E-state index in [2.05, 4.69) is 35.8 Å². The summed E-state index contributed by atoms with van der Waals surface area (Å²) in [5.41, 5.74) is -0.461. The summed E-state index contributed by atoms with van der Waals surface area (Å²) in [6.07, 6.45) is 3.55. The van der Waals surface area contributed by atoms with Crippen LogP contribution in [-0.2, 0) is 13.1 Å². The third kappa shape index (κ3) is 3.09. The third-order valence-corrected chi connectivity index (χ3v) is 3.35. The summed E-state index contributed by atoms with van der Waals surface area (Å²) in [6, 6.07) is 0. The largest absolute Gasteiger partial charge is 0.387 e. The van der Waals surface area contributed by atoms with Crippen LogP contribution in [0, 0.1) is 5.92 Å². The van der Waals surface area contributed by atoms with Crippen molar-refractivity contribution in [1.82, 2.24) is 19.7 Å². The van der Waals surface area contributed by atoms with Crippen LogP contribution in [0.5, 0.6) is 0 Å². The van der Waals surface area contributed by atoms with Gasteiger partial charge in [0.25, 0.3) is 0 Å². The minimum Gasteiger partial charge on any atom is -0.387 e. The average Bonchev–Trinajstić information content (AvgIpc) is 2.63. The maximum atomic E-state index is 10.1. The normalized spacial score (nSPS) is 19.2. The summed E-state index contributed by atoms with van der Waals surface area (Å²) in [6.45, 7) is 9.68. The van der Waals surface area contributed by atoms with E-state index >= 15 is 0 Å². The van der Waals surface area contributed by atoms with Crippen molar-refractivity contribution in [2.45, 2.75) is 52.3 Å². The Kier molecular flexibility index (Phi) is 4.02. The first-order valence-corrected chi connectivity index (χ1v) is 6.84. The number of aromatic nitrogens is 3. The molecule has 102 valence electrons. The lowest BCUT2D eigenvalue weighted by molar-refractivity contribution is -0.107. The predicted molar refractivity (Wildman–Crippen MR) is 70.0 cm³/mol. The average molecular weight is 252 g/mol. The van der Waals surface area contributed by atoms with E-state index in [1.54, 1.807) is 6.33 Å². The molecule has 18 heavy (non-hydrogen) atoms. The maximum Gasteiger partial charge on any atom is 0.141 e. The van der Waals surface area contributed by atoms with Crippen LogP contribution in [0.2, 0.25) is 0 Å². The van der Waals surface area contributed by atoms with Crippen LogP contribution in [0.4, 0.5) is 0 Å². The summed E-state index contributed by atoms with van der Waals surface area (Å²) in [7, 11) is 0. The number of hydrogen-bond donors (Lipinski definition) is 1. The Morgan fingerprint density at radius 1 is 1.44 bits per heavy atom. The zero-order chi connectivity index (χ0) is 13.2. The van der Waals surface area contributed by atoms with Crippen LogP contribution in [-0.4, -0.2) is 43.5 Å². The summed E-state index contributed by atoms with van der Waals surface area (Å²) < 4.78 is 1.97. The Balaban J connectivity index is 1.87. The Bertz CT molecular complexity index is 382. The van der Waals surface area contributed by atoms with Gasteiger partial charge < -0.3 is 5.11 Å². The van der Waals surface area contributed by atoms with Crippen molar-refractivity contribution < 1.29 is 5.11 Å². The third-order valence-electron chi connectivity index (χ3n) is 3.35. The quantitative estimate of drug-likeness (QED) is 0.828. The minimum atomic E-state index is -0.461. The molecule has 5 heteroatoms. The van der Waals surface area contributed by atoms with Crippen LogP contribution in [0.1, 0.15) is 39.4 Å². The van der Waals surface area contributed by atoms with Gasteiger partial charge in [-0.2, -0.15) is 5.10 Å². The van der Waals surface area contributed by atoms with E-state index in [0.29, 0.717) is 5.92 Å². The molecule has 0 saturated carbocycles. The topological polar surface area (TPSA) is 54.2 Å². The number of rotatable bonds is 6. The summed E-state index contributed by atoms with van der Waals surface area (Å²) in [5.74, 6) is 1.57. The minimum absolute atomic E-state index is 0.461. The predicted octanol–water partition coefficient (Wildman–Crippen LogP) is 1.28. The lowest BCUT2D eigenvalue weighted by Gasteiger charge is -2.46. The summed E-state index contributed by atoms with van der Waals surface area (Å²) in [5, 5.41) is 14.4. The van der Waals surface area contributed by atoms with Gasteiger partial charge in [-0.05, 0) is 12.3 Å². The molecule has 0 bridgehead atoms. The van der Waals surface area contributed by atoms with Gasteiger partial charge in [-0.15, -0.1) is 0 Å². The fraction of sp³-hybridized carbons (Fsp3) is 0.846. The lowest BCUT2D eigenvalue weighted by atomic mass is 9.89. The zero-order valence-electron chi connectivity index (χ0n) is 11.6. The fourth-order valence-corrected chi connectivity index (χ4v) is 2.63. The standard InChI is InChI=1S/C13H24N4O/c1-4-5-13(18)8-16(9-13)7-12-14-10-15-17(12)6-11(2)3/h10-11,18H,4-9H2,1-3H3. The summed E-state index contributed by atoms with van der Waals surface area (Å²) >= 11 is 0. The van der Waals surface area contributed by atoms with Crippen LogP contribution in [0.25, 0.3) is 0 Å². The van der Waals surface area contributed by atoms with Crippen LogP contribution < -0.4 is 0 Å². The second-order valence-corrected chi connectivity index (χ2v) is 5.87. The first kappa shape index (κ1) is 13.5. The van der Waals surface area contributed by atoms with Crippen molar-refractivity contribution in [3.05, 3.63) is 12.2 Å². The molecular weight excluding hydrogens is 228 g/mol. The smallest absolute Gasteiger partial charge is 0.141 e. The molecule has 0 atom stereocenters. The van der Waals surface area contributed by atoms with Gasteiger partial charge in [-0.3, -0.25) is 4.90 Å². The Hall–Kier alpha value is -0.940. The van der Waals surface area contributed by atoms with Gasteiger partial charge >= 0.3 is 0 Å². The molecule has 0 radical (unpaired) electrons. The zero-order valence-corrected chi connectivity index (χ0v) is 11.6. The Morgan fingerprint density at radius 2 is 2.17 bits per heavy atom. The molecule has 1 aliphatic rings. The summed E-state index contributed by atoms with van der Waals surface area (Å²) in [4.78, 5) is 6.55. The number of aliphatic hydroxyl groups is 1. The molecule has 2 rings (SSSR count). The van der Waals surface area contributed by atoms with Crippen LogP contribution >= 0.6 is 0 Å². The molecule has 5 nitrogen and oxygen atoms in total. The molecular formula is C13H24N4O. The highest BCUT2D eigenvalue weighted by molar-refractivity contribution is 4.98. The van der Waals surface area contributed by atoms with Gasteiger partial charge in [-0.1, -0.05) is 27.2 Å². The molecule has 0 aromatic carbocycles. The van der Waals surface area contributed by atoms with Gasteiger partial charge in [-0.25, -0.2) is 9.67 Å². The van der Waals surface area contributed by atoms with Crippen molar-refractivity contribution in [2.75, 3.05) is 13.1 Å². The van der Waals surface area contributed by atoms with Gasteiger partial charge in [0.15, 0.2) is 0 Å². The van der Waals surface area contributed by atoms with Crippen LogP contribution in [0.15, 0.2) is 6.33 Å². The van der Waals surface area contributed by atoms with Crippen molar-refractivity contribution in [2.24, 2.45) is 5.92 Å². The first-order valence-electron chi connectivity index (χ1n) is 6.84. The molecule has 1 N–H and O–H groups in total. The van der Waals surface area contributed by atoms with E-state index in [1.165, 1.54) is 0 Å². The van der Waals surface area contributed by atoms with E-state index < -0.39 is 5.60 Å². The highest BCUT2D eigenvalue weighted by atomic mass is 16.3. The number of hydrogen-bond acceptors (Lipinski definition) is 4. The number of likely N-dealkylation sites (tertiary alicyclic amines) is 1. The number of nitrogens with zero attached hydrogens (tertiary/aromatic N) is 4. The molecule has 1 aromatic heterocycles. The fourth-order valence-electron chi connectivity index (χ4n) is 2.63. The second kappa shape index (κ2) is 5.36. The Morgan fingerprint density at radius 3 is 2.78 bits per heavy atom. The Labute approximate surface area is 109 Å². The highest BCUT2D eigenvalue weighted by Crippen LogP contribution is 2.26.